The molecule has 0 radical (unpaired) electrons. The molecule has 1 unspecified atom stereocenters. The van der Waals surface area contributed by atoms with E-state index in [2.05, 4.69) is 5.87 Å². The standard InChI is InChI=1S/C36H32O14S4/c1-20-8-21-10-23-14-30(52(41,42)43)16-25(34(23)38)12-27-18-32(54(47,48)49)19-28(36(27)50-51(2,40)29-6-4-3-5-7-29)13-26-17-31(53(44,45)46)15-24(35(26)39)11-22(9-20)33(21)37/h3-9,14-19,37-39H,2,10-13H2,1H3,(H,41,42,43)(H,44,45,46)(H,47,48,49). The van der Waals surface area contributed by atoms with Gasteiger partial charge in [-0.1, -0.05) is 35.9 Å². The van der Waals surface area contributed by atoms with Gasteiger partial charge in [0, 0.05) is 59.1 Å². The molecule has 54 heavy (non-hydrogen) atoms. The summed E-state index contributed by atoms with van der Waals surface area (Å²) in [6.45, 7) is 1.67. The first-order valence-electron chi connectivity index (χ1n) is 15.7. The van der Waals surface area contributed by atoms with Crippen LogP contribution in [0.3, 0.4) is 0 Å². The van der Waals surface area contributed by atoms with Crippen molar-refractivity contribution in [2.45, 2.75) is 52.2 Å². The molecular weight excluding hydrogens is 785 g/mol. The van der Waals surface area contributed by atoms with Crippen molar-refractivity contribution in [3.63, 3.8) is 0 Å². The molecule has 18 heteroatoms. The summed E-state index contributed by atoms with van der Waals surface area (Å²) >= 11 is 0. The van der Waals surface area contributed by atoms with E-state index in [4.69, 9.17) is 4.18 Å². The molecule has 0 saturated carbocycles. The first-order chi connectivity index (χ1) is 25.0. The smallest absolute Gasteiger partial charge is 0.294 e. The molecule has 1 aliphatic rings. The van der Waals surface area contributed by atoms with Gasteiger partial charge in [0.05, 0.1) is 19.6 Å². The van der Waals surface area contributed by atoms with Gasteiger partial charge in [0.2, 0.25) is 0 Å². The molecule has 1 aliphatic carbocycles. The van der Waals surface area contributed by atoms with Gasteiger partial charge in [0.1, 0.15) is 32.8 Å². The molecule has 5 aromatic rings. The van der Waals surface area contributed by atoms with E-state index in [0.717, 1.165) is 36.4 Å². The zero-order valence-corrected chi connectivity index (χ0v) is 31.4. The van der Waals surface area contributed by atoms with E-state index >= 15 is 0 Å². The van der Waals surface area contributed by atoms with Gasteiger partial charge in [-0.15, -0.1) is 0 Å². The Morgan fingerprint density at radius 3 is 1.11 bits per heavy atom. The average molecular weight is 817 g/mol. The van der Waals surface area contributed by atoms with Gasteiger partial charge in [-0.05, 0) is 72.5 Å². The van der Waals surface area contributed by atoms with Crippen molar-refractivity contribution in [2.75, 3.05) is 0 Å². The van der Waals surface area contributed by atoms with Crippen LogP contribution in [0.1, 0.15) is 50.1 Å². The summed E-state index contributed by atoms with van der Waals surface area (Å²) in [5.41, 5.74) is -0.257. The Hall–Kier alpha value is -4.95. The van der Waals surface area contributed by atoms with Crippen LogP contribution in [-0.2, 0) is 65.8 Å². The first kappa shape index (κ1) is 38.8. The number of hydrogen-bond donors (Lipinski definition) is 6. The Bertz CT molecular complexity index is 2680. The normalized spacial score (nSPS) is 14.6. The maximum absolute atomic E-state index is 14.1. The Kier molecular flexibility index (Phi) is 9.85. The van der Waals surface area contributed by atoms with Gasteiger partial charge in [0.25, 0.3) is 30.4 Å². The van der Waals surface area contributed by atoms with Gasteiger partial charge < -0.3 is 19.5 Å². The van der Waals surface area contributed by atoms with Crippen LogP contribution in [0.25, 0.3) is 0 Å². The van der Waals surface area contributed by atoms with E-state index < -0.39 is 79.2 Å². The summed E-state index contributed by atoms with van der Waals surface area (Å²) in [7, 11) is -18.7. The molecule has 1 atom stereocenters. The van der Waals surface area contributed by atoms with E-state index in [1.807, 2.05) is 0 Å². The Labute approximate surface area is 311 Å². The highest BCUT2D eigenvalue weighted by Crippen LogP contribution is 2.41. The number of phenolic OH excluding ortho intramolecular Hbond substituents is 3. The van der Waals surface area contributed by atoms with Crippen LogP contribution in [0.5, 0.6) is 23.0 Å². The van der Waals surface area contributed by atoms with E-state index in [9.17, 15) is 58.4 Å². The second-order valence-electron chi connectivity index (χ2n) is 12.8. The summed E-state index contributed by atoms with van der Waals surface area (Å²) in [4.78, 5) is -2.02. The predicted molar refractivity (Wildman–Crippen MR) is 197 cm³/mol. The second kappa shape index (κ2) is 13.7. The Balaban J connectivity index is 1.75. The van der Waals surface area contributed by atoms with Gasteiger partial charge in [-0.3, -0.25) is 13.7 Å². The minimum atomic E-state index is -5.06. The lowest BCUT2D eigenvalue weighted by molar-refractivity contribution is 0.453. The quantitative estimate of drug-likeness (QED) is 0.0994. The highest BCUT2D eigenvalue weighted by atomic mass is 32.2. The van der Waals surface area contributed by atoms with Crippen molar-refractivity contribution in [1.29, 1.82) is 0 Å². The van der Waals surface area contributed by atoms with Gasteiger partial charge in [-0.25, -0.2) is 4.21 Å². The molecule has 284 valence electrons. The fourth-order valence-electron chi connectivity index (χ4n) is 6.37. The minimum absolute atomic E-state index is 0.0798. The topological polar surface area (TPSA) is 250 Å². The molecular formula is C36H32O14S4. The molecule has 0 amide bonds. The summed E-state index contributed by atoms with van der Waals surface area (Å²) in [6, 6.07) is 16.3. The third-order valence-corrected chi connectivity index (χ3v) is 12.8. The monoisotopic (exact) mass is 816 g/mol. The average Bonchev–Trinajstić information content (AvgIpc) is 3.06. The summed E-state index contributed by atoms with van der Waals surface area (Å²) in [6.07, 6.45) is -1.90. The van der Waals surface area contributed by atoms with Crippen LogP contribution in [0.4, 0.5) is 0 Å². The van der Waals surface area contributed by atoms with Gasteiger partial charge in [-0.2, -0.15) is 25.3 Å². The molecule has 8 bridgehead atoms. The van der Waals surface area contributed by atoms with Crippen LogP contribution in [0.15, 0.2) is 98.4 Å². The van der Waals surface area contributed by atoms with Crippen molar-refractivity contribution < 1.29 is 62.6 Å². The predicted octanol–water partition coefficient (Wildman–Crippen LogP) is 4.60. The van der Waals surface area contributed by atoms with E-state index in [1.54, 1.807) is 25.1 Å². The largest absolute Gasteiger partial charge is 0.507 e. The fraction of sp³-hybridized carbons (Fsp3) is 0.139. The summed E-state index contributed by atoms with van der Waals surface area (Å²) in [5, 5.41) is 34.6. The first-order valence-corrected chi connectivity index (χ1v) is 21.7. The second-order valence-corrected chi connectivity index (χ2v) is 19.0. The Morgan fingerprint density at radius 2 is 0.778 bits per heavy atom. The number of hydrogen-bond acceptors (Lipinski definition) is 11. The van der Waals surface area contributed by atoms with Crippen molar-refractivity contribution in [1.82, 2.24) is 0 Å². The molecule has 5 aromatic carbocycles. The maximum Gasteiger partial charge on any atom is 0.294 e. The van der Waals surface area contributed by atoms with Crippen molar-refractivity contribution in [2.24, 2.45) is 0 Å². The summed E-state index contributed by atoms with van der Waals surface area (Å²) < 4.78 is 126. The summed E-state index contributed by atoms with van der Waals surface area (Å²) in [5.74, 6) is 1.95. The molecule has 0 heterocycles. The van der Waals surface area contributed by atoms with Crippen molar-refractivity contribution in [3.8, 4) is 23.0 Å². The van der Waals surface area contributed by atoms with Crippen LogP contribution < -0.4 is 4.18 Å². The number of aromatic hydroxyl groups is 3. The lowest BCUT2D eigenvalue weighted by atomic mass is 9.90. The zero-order chi connectivity index (χ0) is 39.5. The number of benzene rings is 5. The number of fused-ring (bicyclic) bond motifs is 8. The highest BCUT2D eigenvalue weighted by molar-refractivity contribution is 7.96. The van der Waals surface area contributed by atoms with Crippen LogP contribution in [0.2, 0.25) is 0 Å². The molecule has 0 aromatic heterocycles. The lowest BCUT2D eigenvalue weighted by Crippen LogP contribution is -2.14. The maximum atomic E-state index is 14.1. The molecule has 6 N–H and O–H groups in total. The zero-order valence-electron chi connectivity index (χ0n) is 28.1. The minimum Gasteiger partial charge on any atom is -0.507 e. The fourth-order valence-corrected chi connectivity index (χ4v) is 9.27. The van der Waals surface area contributed by atoms with Crippen LogP contribution >= 0.6 is 0 Å². The van der Waals surface area contributed by atoms with Crippen LogP contribution in [0, 0.1) is 6.92 Å². The third-order valence-electron chi connectivity index (χ3n) is 8.85. The molecule has 14 nitrogen and oxygen atoms in total. The lowest BCUT2D eigenvalue weighted by Gasteiger charge is -2.22. The van der Waals surface area contributed by atoms with Gasteiger partial charge in [0.15, 0.2) is 0 Å². The van der Waals surface area contributed by atoms with Crippen molar-refractivity contribution in [3.05, 3.63) is 129 Å². The van der Waals surface area contributed by atoms with Crippen molar-refractivity contribution >= 4 is 46.0 Å². The van der Waals surface area contributed by atoms with Gasteiger partial charge >= 0.3 is 0 Å². The molecule has 0 saturated heterocycles. The number of aryl methyl sites for hydroxylation is 1. The Morgan fingerprint density at radius 1 is 0.481 bits per heavy atom. The van der Waals surface area contributed by atoms with E-state index in [-0.39, 0.29) is 73.7 Å². The van der Waals surface area contributed by atoms with E-state index in [1.165, 1.54) is 24.3 Å². The molecule has 0 spiro atoms. The third kappa shape index (κ3) is 7.95. The van der Waals surface area contributed by atoms with Crippen LogP contribution in [-0.4, -0.2) is 64.3 Å². The highest BCUT2D eigenvalue weighted by Gasteiger charge is 2.28. The molecule has 0 fully saturated rings. The number of phenols is 3. The van der Waals surface area contributed by atoms with E-state index in [0.29, 0.717) is 5.56 Å². The molecule has 0 aliphatic heterocycles. The number of rotatable bonds is 6. The molecule has 6 rings (SSSR count). The SMILES string of the molecule is C=S(=O)(Oc1c2cc(S(=O)(=O)O)cc1Cc1cc(S(=O)(=O)O)cc(c1O)Cc1cc(C)cc(c1O)Cc1cc(S(=O)(=O)O)cc(c1O)C2)c1ccccc1.